The van der Waals surface area contributed by atoms with Crippen LogP contribution in [0.3, 0.4) is 0 Å². The molecule has 1 aliphatic rings. The zero-order valence-corrected chi connectivity index (χ0v) is 19.7. The lowest BCUT2D eigenvalue weighted by molar-refractivity contribution is 0.270. The number of anilines is 1. The number of benzene rings is 1. The number of hydrogen-bond donors (Lipinski definition) is 2. The summed E-state index contributed by atoms with van der Waals surface area (Å²) in [6.45, 7) is 11.6. The van der Waals surface area contributed by atoms with Crippen molar-refractivity contribution in [3.8, 4) is 11.5 Å². The smallest absolute Gasteiger partial charge is 0.191 e. The van der Waals surface area contributed by atoms with Crippen LogP contribution in [0.25, 0.3) is 0 Å². The van der Waals surface area contributed by atoms with Crippen LogP contribution in [0.5, 0.6) is 11.5 Å². The number of nitrogens with one attached hydrogen (secondary N) is 2. The van der Waals surface area contributed by atoms with Crippen LogP contribution in [-0.4, -0.2) is 69.3 Å². The summed E-state index contributed by atoms with van der Waals surface area (Å²) in [7, 11) is 3.28. The van der Waals surface area contributed by atoms with Crippen molar-refractivity contribution < 1.29 is 9.47 Å². The highest BCUT2D eigenvalue weighted by Crippen LogP contribution is 2.27. The van der Waals surface area contributed by atoms with Gasteiger partial charge in [0.1, 0.15) is 5.82 Å². The Morgan fingerprint density at radius 2 is 1.72 bits per heavy atom. The summed E-state index contributed by atoms with van der Waals surface area (Å²) >= 11 is 0. The first-order valence-electron chi connectivity index (χ1n) is 11.3. The molecular formula is C24H36N6O2. The lowest BCUT2D eigenvalue weighted by atomic mass is 10.2. The number of nitrogens with zero attached hydrogens (tertiary/aromatic N) is 4. The summed E-state index contributed by atoms with van der Waals surface area (Å²) in [6.07, 6.45) is 1.93. The van der Waals surface area contributed by atoms with Gasteiger partial charge in [0.05, 0.1) is 20.8 Å². The van der Waals surface area contributed by atoms with E-state index >= 15 is 0 Å². The summed E-state index contributed by atoms with van der Waals surface area (Å²) < 4.78 is 10.7. The molecule has 32 heavy (non-hydrogen) atoms. The zero-order valence-electron chi connectivity index (χ0n) is 19.7. The number of guanidine groups is 1. The quantitative estimate of drug-likeness (QED) is 0.458. The van der Waals surface area contributed by atoms with E-state index in [2.05, 4.69) is 51.4 Å². The summed E-state index contributed by atoms with van der Waals surface area (Å²) in [5.41, 5.74) is 2.17. The Bertz CT molecular complexity index is 863. The van der Waals surface area contributed by atoms with Crippen LogP contribution in [-0.2, 0) is 13.1 Å². The average molecular weight is 441 g/mol. The number of hydrogen-bond acceptors (Lipinski definition) is 6. The molecule has 0 atom stereocenters. The molecule has 1 aromatic heterocycles. The van der Waals surface area contributed by atoms with E-state index in [0.717, 1.165) is 73.7 Å². The lowest BCUT2D eigenvalue weighted by Crippen LogP contribution is -2.46. The van der Waals surface area contributed by atoms with Gasteiger partial charge in [0, 0.05) is 45.5 Å². The molecule has 1 aromatic carbocycles. The molecule has 0 spiro atoms. The molecule has 8 nitrogen and oxygen atoms in total. The van der Waals surface area contributed by atoms with Gasteiger partial charge in [0.2, 0.25) is 0 Å². The molecule has 0 saturated carbocycles. The van der Waals surface area contributed by atoms with E-state index in [1.807, 2.05) is 24.4 Å². The topological polar surface area (TPSA) is 74.3 Å². The van der Waals surface area contributed by atoms with Crippen molar-refractivity contribution in [2.75, 3.05) is 58.4 Å². The molecule has 1 aliphatic heterocycles. The first-order chi connectivity index (χ1) is 15.7. The van der Waals surface area contributed by atoms with E-state index in [4.69, 9.17) is 14.5 Å². The average Bonchev–Trinajstić information content (AvgIpc) is 2.86. The first kappa shape index (κ1) is 23.7. The number of piperazine rings is 1. The molecule has 2 aromatic rings. The van der Waals surface area contributed by atoms with E-state index < -0.39 is 0 Å². The van der Waals surface area contributed by atoms with Crippen LogP contribution in [0.1, 0.15) is 25.0 Å². The molecule has 0 amide bonds. The minimum Gasteiger partial charge on any atom is -0.493 e. The van der Waals surface area contributed by atoms with Crippen molar-refractivity contribution in [3.05, 3.63) is 47.7 Å². The highest BCUT2D eigenvalue weighted by Gasteiger charge is 2.16. The van der Waals surface area contributed by atoms with Gasteiger partial charge in [-0.05, 0) is 42.8 Å². The van der Waals surface area contributed by atoms with Crippen molar-refractivity contribution in [1.82, 2.24) is 20.5 Å². The SMILES string of the molecule is CCNC(=NCc1ccc(N2CCN(CC)CC2)nc1)NCc1ccc(OC)c(OC)c1. The second-order valence-electron chi connectivity index (χ2n) is 7.68. The number of rotatable bonds is 9. The maximum absolute atomic E-state index is 5.39. The fourth-order valence-electron chi connectivity index (χ4n) is 3.68. The highest BCUT2D eigenvalue weighted by molar-refractivity contribution is 5.79. The molecule has 2 N–H and O–H groups in total. The van der Waals surface area contributed by atoms with Gasteiger partial charge >= 0.3 is 0 Å². The standard InChI is InChI=1S/C24H36N6O2/c1-5-25-24(27-16-19-7-9-21(31-3)22(15-19)32-4)28-18-20-8-10-23(26-17-20)30-13-11-29(6-2)12-14-30/h7-10,15,17H,5-6,11-14,16,18H2,1-4H3,(H2,25,27,28). The van der Waals surface area contributed by atoms with Gasteiger partial charge in [0.15, 0.2) is 17.5 Å². The maximum atomic E-state index is 5.39. The van der Waals surface area contributed by atoms with Gasteiger partial charge in [-0.15, -0.1) is 0 Å². The summed E-state index contributed by atoms with van der Waals surface area (Å²) in [5, 5.41) is 6.67. The number of aliphatic imine (C=N–C) groups is 1. The van der Waals surface area contributed by atoms with Crippen LogP contribution in [0, 0.1) is 0 Å². The summed E-state index contributed by atoms with van der Waals surface area (Å²) in [5.74, 6) is 3.25. The van der Waals surface area contributed by atoms with Gasteiger partial charge in [0.25, 0.3) is 0 Å². The Labute approximate surface area is 191 Å². The number of methoxy groups -OCH3 is 2. The van der Waals surface area contributed by atoms with Gasteiger partial charge in [-0.2, -0.15) is 0 Å². The molecule has 1 saturated heterocycles. The van der Waals surface area contributed by atoms with Gasteiger partial charge in [-0.1, -0.05) is 19.1 Å². The molecule has 3 rings (SSSR count). The Balaban J connectivity index is 1.56. The van der Waals surface area contributed by atoms with Crippen molar-refractivity contribution >= 4 is 11.8 Å². The van der Waals surface area contributed by atoms with Crippen LogP contribution < -0.4 is 25.0 Å². The minimum absolute atomic E-state index is 0.568. The first-order valence-corrected chi connectivity index (χ1v) is 11.3. The molecule has 0 bridgehead atoms. The van der Waals surface area contributed by atoms with Gasteiger partial charge < -0.3 is 29.9 Å². The Morgan fingerprint density at radius 1 is 0.969 bits per heavy atom. The molecule has 1 fully saturated rings. The van der Waals surface area contributed by atoms with Crippen molar-refractivity contribution in [3.63, 3.8) is 0 Å². The number of pyridine rings is 1. The predicted octanol–water partition coefficient (Wildman–Crippen LogP) is 2.50. The highest BCUT2D eigenvalue weighted by atomic mass is 16.5. The molecular weight excluding hydrogens is 404 g/mol. The Kier molecular flexibility index (Phi) is 8.98. The third-order valence-electron chi connectivity index (χ3n) is 5.62. The fourth-order valence-corrected chi connectivity index (χ4v) is 3.68. The van der Waals surface area contributed by atoms with Crippen molar-refractivity contribution in [2.24, 2.45) is 4.99 Å². The van der Waals surface area contributed by atoms with Crippen LogP contribution in [0.15, 0.2) is 41.5 Å². The van der Waals surface area contributed by atoms with E-state index in [0.29, 0.717) is 13.1 Å². The van der Waals surface area contributed by atoms with E-state index in [9.17, 15) is 0 Å². The third-order valence-corrected chi connectivity index (χ3v) is 5.62. The minimum atomic E-state index is 0.568. The molecule has 0 radical (unpaired) electrons. The second-order valence-corrected chi connectivity index (χ2v) is 7.68. The third kappa shape index (κ3) is 6.50. The lowest BCUT2D eigenvalue weighted by Gasteiger charge is -2.34. The van der Waals surface area contributed by atoms with E-state index in [-0.39, 0.29) is 0 Å². The number of likely N-dealkylation sites (N-methyl/N-ethyl adjacent to an activating group) is 1. The zero-order chi connectivity index (χ0) is 22.8. The Morgan fingerprint density at radius 3 is 2.34 bits per heavy atom. The molecule has 174 valence electrons. The fraction of sp³-hybridized carbons (Fsp3) is 0.500. The normalized spacial score (nSPS) is 14.9. The van der Waals surface area contributed by atoms with Crippen LogP contribution in [0.4, 0.5) is 5.82 Å². The van der Waals surface area contributed by atoms with E-state index in [1.54, 1.807) is 14.2 Å². The van der Waals surface area contributed by atoms with Gasteiger partial charge in [-0.3, -0.25) is 0 Å². The van der Waals surface area contributed by atoms with Crippen molar-refractivity contribution in [2.45, 2.75) is 26.9 Å². The summed E-state index contributed by atoms with van der Waals surface area (Å²) in [4.78, 5) is 14.2. The van der Waals surface area contributed by atoms with Gasteiger partial charge in [-0.25, -0.2) is 9.98 Å². The van der Waals surface area contributed by atoms with Crippen LogP contribution in [0.2, 0.25) is 0 Å². The van der Waals surface area contributed by atoms with Crippen molar-refractivity contribution in [1.29, 1.82) is 0 Å². The number of aromatic nitrogens is 1. The molecule has 0 unspecified atom stereocenters. The predicted molar refractivity (Wildman–Crippen MR) is 130 cm³/mol. The largest absolute Gasteiger partial charge is 0.493 e. The molecule has 8 heteroatoms. The molecule has 2 heterocycles. The summed E-state index contributed by atoms with van der Waals surface area (Å²) in [6, 6.07) is 10.1. The second kappa shape index (κ2) is 12.1. The molecule has 0 aliphatic carbocycles. The van der Waals surface area contributed by atoms with E-state index in [1.165, 1.54) is 0 Å². The maximum Gasteiger partial charge on any atom is 0.191 e. The van der Waals surface area contributed by atoms with Crippen LogP contribution >= 0.6 is 0 Å². The number of ether oxygens (including phenoxy) is 2. The monoisotopic (exact) mass is 440 g/mol. The Hall–Kier alpha value is -3.00.